The number of aromatic nitrogens is 1. The summed E-state index contributed by atoms with van der Waals surface area (Å²) >= 11 is 0. The number of carbonyl (C=O) groups excluding carboxylic acids is 1. The van der Waals surface area contributed by atoms with E-state index in [0.717, 1.165) is 16.6 Å². The van der Waals surface area contributed by atoms with E-state index in [-0.39, 0.29) is 6.03 Å². The lowest BCUT2D eigenvalue weighted by Crippen LogP contribution is -2.24. The first-order valence-electron chi connectivity index (χ1n) is 6.82. The minimum Gasteiger partial charge on any atom is -0.314 e. The molecule has 4 heteroatoms. The molecular formula is C16H17N3O. The maximum Gasteiger partial charge on any atom is 0.323 e. The molecule has 1 aromatic heterocycles. The van der Waals surface area contributed by atoms with Gasteiger partial charge < -0.3 is 10.6 Å². The van der Waals surface area contributed by atoms with E-state index >= 15 is 0 Å². The predicted molar refractivity (Wildman–Crippen MR) is 80.4 cm³/mol. The SMILES string of the molecule is C/C(=C\NC(=O)Nc1cccc2cccnc12)C1CC1. The molecule has 1 heterocycles. The number of carbonyl (C=O) groups is 1. The molecule has 0 saturated heterocycles. The highest BCUT2D eigenvalue weighted by atomic mass is 16.2. The van der Waals surface area contributed by atoms with E-state index in [1.165, 1.54) is 18.4 Å². The Labute approximate surface area is 117 Å². The monoisotopic (exact) mass is 267 g/mol. The molecule has 2 N–H and O–H groups in total. The van der Waals surface area contributed by atoms with Gasteiger partial charge in [-0.25, -0.2) is 4.79 Å². The molecular weight excluding hydrogens is 250 g/mol. The van der Waals surface area contributed by atoms with Crippen molar-refractivity contribution in [3.05, 3.63) is 48.3 Å². The first kappa shape index (κ1) is 12.7. The summed E-state index contributed by atoms with van der Waals surface area (Å²) in [5.41, 5.74) is 2.75. The standard InChI is InChI=1S/C16H17N3O/c1-11(12-7-8-12)10-18-16(20)19-14-6-2-4-13-5-3-9-17-15(13)14/h2-6,9-10,12H,7-8H2,1H3,(H2,18,19,20)/b11-10+. The highest BCUT2D eigenvalue weighted by molar-refractivity contribution is 5.99. The van der Waals surface area contributed by atoms with Gasteiger partial charge in [-0.2, -0.15) is 0 Å². The highest BCUT2D eigenvalue weighted by Crippen LogP contribution is 2.35. The van der Waals surface area contributed by atoms with Crippen molar-refractivity contribution in [2.45, 2.75) is 19.8 Å². The van der Waals surface area contributed by atoms with Gasteiger partial charge in [-0.15, -0.1) is 0 Å². The maximum absolute atomic E-state index is 11.9. The summed E-state index contributed by atoms with van der Waals surface area (Å²) in [5.74, 6) is 0.662. The van der Waals surface area contributed by atoms with Gasteiger partial charge in [0.25, 0.3) is 0 Å². The van der Waals surface area contributed by atoms with Crippen LogP contribution in [0.15, 0.2) is 48.3 Å². The Morgan fingerprint density at radius 2 is 2.10 bits per heavy atom. The van der Waals surface area contributed by atoms with E-state index in [2.05, 4.69) is 22.5 Å². The molecule has 0 radical (unpaired) electrons. The molecule has 4 nitrogen and oxygen atoms in total. The van der Waals surface area contributed by atoms with Crippen molar-refractivity contribution in [3.63, 3.8) is 0 Å². The third kappa shape index (κ3) is 2.79. The van der Waals surface area contributed by atoms with Gasteiger partial charge in [0.1, 0.15) is 0 Å². The van der Waals surface area contributed by atoms with Crippen molar-refractivity contribution in [2.24, 2.45) is 5.92 Å². The summed E-state index contributed by atoms with van der Waals surface area (Å²) in [7, 11) is 0. The van der Waals surface area contributed by atoms with Crippen LogP contribution in [0.2, 0.25) is 0 Å². The normalized spacial score (nSPS) is 15.2. The van der Waals surface area contributed by atoms with E-state index in [0.29, 0.717) is 5.92 Å². The second-order valence-electron chi connectivity index (χ2n) is 5.14. The van der Waals surface area contributed by atoms with Crippen molar-refractivity contribution in [1.82, 2.24) is 10.3 Å². The fourth-order valence-corrected chi connectivity index (χ4v) is 2.20. The second kappa shape index (κ2) is 5.33. The first-order valence-corrected chi connectivity index (χ1v) is 6.82. The van der Waals surface area contributed by atoms with Crippen LogP contribution in [-0.2, 0) is 0 Å². The number of hydrogen-bond donors (Lipinski definition) is 2. The molecule has 2 aromatic rings. The third-order valence-electron chi connectivity index (χ3n) is 3.53. The molecule has 1 saturated carbocycles. The quantitative estimate of drug-likeness (QED) is 0.891. The van der Waals surface area contributed by atoms with E-state index in [4.69, 9.17) is 0 Å². The Hall–Kier alpha value is -2.36. The molecule has 0 bridgehead atoms. The van der Waals surface area contributed by atoms with Crippen LogP contribution in [0, 0.1) is 5.92 Å². The van der Waals surface area contributed by atoms with Crippen molar-refractivity contribution >= 4 is 22.6 Å². The van der Waals surface area contributed by atoms with E-state index in [1.54, 1.807) is 12.4 Å². The zero-order valence-corrected chi connectivity index (χ0v) is 11.4. The number of nitrogens with zero attached hydrogens (tertiary/aromatic N) is 1. The van der Waals surface area contributed by atoms with Crippen LogP contribution in [-0.4, -0.2) is 11.0 Å². The van der Waals surface area contributed by atoms with Gasteiger partial charge in [0, 0.05) is 17.8 Å². The van der Waals surface area contributed by atoms with Crippen molar-refractivity contribution in [1.29, 1.82) is 0 Å². The van der Waals surface area contributed by atoms with Crippen LogP contribution in [0.4, 0.5) is 10.5 Å². The fraction of sp³-hybridized carbons (Fsp3) is 0.250. The van der Waals surface area contributed by atoms with Crippen molar-refractivity contribution in [2.75, 3.05) is 5.32 Å². The number of allylic oxidation sites excluding steroid dienone is 1. The molecule has 0 atom stereocenters. The van der Waals surface area contributed by atoms with Crippen molar-refractivity contribution in [3.8, 4) is 0 Å². The zero-order chi connectivity index (χ0) is 13.9. The number of para-hydroxylation sites is 1. The second-order valence-corrected chi connectivity index (χ2v) is 5.14. The van der Waals surface area contributed by atoms with Crippen LogP contribution < -0.4 is 10.6 Å². The molecule has 2 amide bonds. The number of anilines is 1. The molecule has 1 aliphatic carbocycles. The summed E-state index contributed by atoms with van der Waals surface area (Å²) in [6.45, 7) is 2.05. The van der Waals surface area contributed by atoms with Crippen LogP contribution in [0.3, 0.4) is 0 Å². The Morgan fingerprint density at radius 3 is 2.90 bits per heavy atom. The molecule has 1 fully saturated rings. The van der Waals surface area contributed by atoms with E-state index in [9.17, 15) is 4.79 Å². The van der Waals surface area contributed by atoms with Crippen LogP contribution in [0.5, 0.6) is 0 Å². The molecule has 0 spiro atoms. The summed E-state index contributed by atoms with van der Waals surface area (Å²) in [6.07, 6.45) is 5.99. The predicted octanol–water partition coefficient (Wildman–Crippen LogP) is 3.67. The number of hydrogen-bond acceptors (Lipinski definition) is 2. The Morgan fingerprint density at radius 1 is 1.30 bits per heavy atom. The average Bonchev–Trinajstić information content (AvgIpc) is 3.30. The molecule has 3 rings (SSSR count). The van der Waals surface area contributed by atoms with Gasteiger partial charge >= 0.3 is 6.03 Å². The number of amides is 2. The largest absolute Gasteiger partial charge is 0.323 e. The van der Waals surface area contributed by atoms with Gasteiger partial charge in [-0.3, -0.25) is 4.98 Å². The number of urea groups is 1. The molecule has 1 aromatic carbocycles. The summed E-state index contributed by atoms with van der Waals surface area (Å²) in [4.78, 5) is 16.2. The summed E-state index contributed by atoms with van der Waals surface area (Å²) in [5, 5.41) is 6.63. The summed E-state index contributed by atoms with van der Waals surface area (Å²) in [6, 6.07) is 9.36. The van der Waals surface area contributed by atoms with Crippen LogP contribution >= 0.6 is 0 Å². The number of rotatable bonds is 3. The average molecular weight is 267 g/mol. The minimum absolute atomic E-state index is 0.233. The van der Waals surface area contributed by atoms with Crippen molar-refractivity contribution < 1.29 is 4.79 Å². The number of pyridine rings is 1. The van der Waals surface area contributed by atoms with Gasteiger partial charge in [0.05, 0.1) is 11.2 Å². The van der Waals surface area contributed by atoms with E-state index in [1.807, 2.05) is 30.3 Å². The highest BCUT2D eigenvalue weighted by Gasteiger charge is 2.22. The lowest BCUT2D eigenvalue weighted by molar-refractivity contribution is 0.255. The van der Waals surface area contributed by atoms with E-state index < -0.39 is 0 Å². The van der Waals surface area contributed by atoms with Crippen LogP contribution in [0.25, 0.3) is 10.9 Å². The topological polar surface area (TPSA) is 54.0 Å². The first-order chi connectivity index (χ1) is 9.74. The zero-order valence-electron chi connectivity index (χ0n) is 11.4. The summed E-state index contributed by atoms with van der Waals surface area (Å²) < 4.78 is 0. The van der Waals surface area contributed by atoms with Gasteiger partial charge in [-0.1, -0.05) is 23.8 Å². The lowest BCUT2D eigenvalue weighted by Gasteiger charge is -2.08. The number of nitrogens with one attached hydrogen (secondary N) is 2. The Bertz CT molecular complexity index is 669. The lowest BCUT2D eigenvalue weighted by atomic mass is 10.2. The molecule has 0 unspecified atom stereocenters. The smallest absolute Gasteiger partial charge is 0.314 e. The fourth-order valence-electron chi connectivity index (χ4n) is 2.20. The van der Waals surface area contributed by atoms with Gasteiger partial charge in [-0.05, 0) is 37.8 Å². The Kier molecular flexibility index (Phi) is 3.37. The van der Waals surface area contributed by atoms with Gasteiger partial charge in [0.2, 0.25) is 0 Å². The third-order valence-corrected chi connectivity index (χ3v) is 3.53. The number of benzene rings is 1. The molecule has 102 valence electrons. The molecule has 20 heavy (non-hydrogen) atoms. The maximum atomic E-state index is 11.9. The Balaban J connectivity index is 1.72. The number of fused-ring (bicyclic) bond motifs is 1. The molecule has 0 aliphatic heterocycles. The van der Waals surface area contributed by atoms with Crippen LogP contribution in [0.1, 0.15) is 19.8 Å². The van der Waals surface area contributed by atoms with Gasteiger partial charge in [0.15, 0.2) is 0 Å². The molecule has 1 aliphatic rings. The minimum atomic E-state index is -0.233.